The van der Waals surface area contributed by atoms with Crippen molar-refractivity contribution in [3.05, 3.63) is 35.4 Å². The van der Waals surface area contributed by atoms with Gasteiger partial charge in [-0.2, -0.15) is 0 Å². The Morgan fingerprint density at radius 1 is 0.697 bits per heavy atom. The summed E-state index contributed by atoms with van der Waals surface area (Å²) in [5.74, 6) is 3.17. The van der Waals surface area contributed by atoms with Gasteiger partial charge in [-0.25, -0.2) is 0 Å². The number of rotatable bonds is 9. The van der Waals surface area contributed by atoms with Gasteiger partial charge in [0.15, 0.2) is 23.0 Å². The molecule has 1 amide bonds. The van der Waals surface area contributed by atoms with Crippen molar-refractivity contribution in [2.24, 2.45) is 0 Å². The first kappa shape index (κ1) is 24.3. The molecule has 33 heavy (non-hydrogen) atoms. The van der Waals surface area contributed by atoms with Gasteiger partial charge in [-0.1, -0.05) is 6.07 Å². The number of ether oxygens (including phenoxy) is 6. The number of amides is 1. The van der Waals surface area contributed by atoms with Crippen molar-refractivity contribution in [2.75, 3.05) is 68.8 Å². The Labute approximate surface area is 194 Å². The number of carbonyl (C=O) groups is 1. The van der Waals surface area contributed by atoms with Crippen molar-refractivity contribution >= 4 is 5.91 Å². The summed E-state index contributed by atoms with van der Waals surface area (Å²) in [5.41, 5.74) is 1.50. The maximum absolute atomic E-state index is 13.2. The van der Waals surface area contributed by atoms with Crippen LogP contribution in [0.4, 0.5) is 0 Å². The summed E-state index contributed by atoms with van der Waals surface area (Å²) in [7, 11) is 9.42. The molecule has 3 rings (SSSR count). The smallest absolute Gasteiger partial charge is 0.254 e. The molecule has 1 saturated heterocycles. The van der Waals surface area contributed by atoms with Gasteiger partial charge < -0.3 is 33.3 Å². The van der Waals surface area contributed by atoms with Crippen LogP contribution in [-0.2, 0) is 6.54 Å². The summed E-state index contributed by atoms with van der Waals surface area (Å²) in [5, 5.41) is 0. The van der Waals surface area contributed by atoms with E-state index in [-0.39, 0.29) is 5.91 Å². The van der Waals surface area contributed by atoms with Gasteiger partial charge >= 0.3 is 0 Å². The lowest BCUT2D eigenvalue weighted by molar-refractivity contribution is 0.0626. The van der Waals surface area contributed by atoms with E-state index in [1.807, 2.05) is 17.0 Å². The minimum Gasteiger partial charge on any atom is -0.493 e. The highest BCUT2D eigenvalue weighted by atomic mass is 16.5. The molecule has 0 aliphatic carbocycles. The molecule has 0 spiro atoms. The van der Waals surface area contributed by atoms with Crippen molar-refractivity contribution < 1.29 is 33.2 Å². The summed E-state index contributed by atoms with van der Waals surface area (Å²) in [6.45, 7) is 3.34. The van der Waals surface area contributed by atoms with Gasteiger partial charge in [0.05, 0.1) is 42.7 Å². The molecule has 9 heteroatoms. The average Bonchev–Trinajstić information content (AvgIpc) is 2.87. The predicted octanol–water partition coefficient (Wildman–Crippen LogP) is 2.70. The number of methoxy groups -OCH3 is 6. The Bertz CT molecular complexity index is 947. The highest BCUT2D eigenvalue weighted by Gasteiger charge is 2.26. The highest BCUT2D eigenvalue weighted by molar-refractivity contribution is 5.95. The Morgan fingerprint density at radius 2 is 1.24 bits per heavy atom. The molecule has 0 unspecified atom stereocenters. The maximum Gasteiger partial charge on any atom is 0.254 e. The number of carbonyl (C=O) groups excluding carboxylic acids is 1. The van der Waals surface area contributed by atoms with E-state index in [0.29, 0.717) is 59.7 Å². The molecule has 2 aromatic carbocycles. The monoisotopic (exact) mass is 460 g/mol. The van der Waals surface area contributed by atoms with E-state index >= 15 is 0 Å². The lowest BCUT2D eigenvalue weighted by Crippen LogP contribution is -2.48. The molecule has 1 heterocycles. The second-order valence-electron chi connectivity index (χ2n) is 7.48. The molecule has 0 saturated carbocycles. The molecule has 2 aromatic rings. The van der Waals surface area contributed by atoms with Crippen molar-refractivity contribution in [3.8, 4) is 34.5 Å². The van der Waals surface area contributed by atoms with Crippen LogP contribution in [0, 0.1) is 0 Å². The van der Waals surface area contributed by atoms with E-state index in [1.54, 1.807) is 33.5 Å². The highest BCUT2D eigenvalue weighted by Crippen LogP contribution is 2.40. The number of hydrogen-bond acceptors (Lipinski definition) is 8. The minimum atomic E-state index is -0.0717. The van der Waals surface area contributed by atoms with Gasteiger partial charge in [0.2, 0.25) is 11.5 Å². The third kappa shape index (κ3) is 5.03. The molecule has 180 valence electrons. The third-order valence-corrected chi connectivity index (χ3v) is 5.75. The van der Waals surface area contributed by atoms with Crippen LogP contribution in [0.15, 0.2) is 24.3 Å². The Hall–Kier alpha value is -3.33. The molecule has 0 atom stereocenters. The summed E-state index contributed by atoms with van der Waals surface area (Å²) in [4.78, 5) is 17.3. The van der Waals surface area contributed by atoms with Gasteiger partial charge in [-0.3, -0.25) is 9.69 Å². The lowest BCUT2D eigenvalue weighted by Gasteiger charge is -2.35. The number of benzene rings is 2. The van der Waals surface area contributed by atoms with E-state index in [4.69, 9.17) is 28.4 Å². The quantitative estimate of drug-likeness (QED) is 0.565. The van der Waals surface area contributed by atoms with Crippen LogP contribution in [0.1, 0.15) is 15.9 Å². The third-order valence-electron chi connectivity index (χ3n) is 5.75. The molecule has 1 aliphatic heterocycles. The first-order valence-electron chi connectivity index (χ1n) is 10.6. The van der Waals surface area contributed by atoms with E-state index < -0.39 is 0 Å². The van der Waals surface area contributed by atoms with Crippen LogP contribution in [0.3, 0.4) is 0 Å². The molecule has 1 fully saturated rings. The second kappa shape index (κ2) is 11.0. The van der Waals surface area contributed by atoms with E-state index in [9.17, 15) is 4.79 Å². The molecule has 9 nitrogen and oxygen atoms in total. The van der Waals surface area contributed by atoms with Crippen molar-refractivity contribution in [1.82, 2.24) is 9.80 Å². The van der Waals surface area contributed by atoms with Gasteiger partial charge in [0.25, 0.3) is 5.91 Å². The molecule has 1 aliphatic rings. The molecular formula is C24H32N2O7. The fourth-order valence-corrected chi connectivity index (χ4v) is 4.02. The first-order valence-corrected chi connectivity index (χ1v) is 10.6. The molecule has 0 N–H and O–H groups in total. The topological polar surface area (TPSA) is 78.9 Å². The Kier molecular flexibility index (Phi) is 8.11. The van der Waals surface area contributed by atoms with E-state index in [1.165, 1.54) is 21.3 Å². The Morgan fingerprint density at radius 3 is 1.73 bits per heavy atom. The maximum atomic E-state index is 13.2. The Balaban J connectivity index is 1.70. The zero-order valence-electron chi connectivity index (χ0n) is 20.1. The number of piperazine rings is 1. The van der Waals surface area contributed by atoms with E-state index in [0.717, 1.165) is 18.7 Å². The minimum absolute atomic E-state index is 0.0717. The summed E-state index contributed by atoms with van der Waals surface area (Å²) >= 11 is 0. The summed E-state index contributed by atoms with van der Waals surface area (Å²) < 4.78 is 32.6. The molecule has 0 radical (unpaired) electrons. The lowest BCUT2D eigenvalue weighted by atomic mass is 10.1. The standard InChI is InChI=1S/C24H32N2O7/c1-28-18-8-7-16(21(31-4)23(18)33-6)15-25-9-11-26(12-10-25)24(27)17-13-19(29-2)22(32-5)20(14-17)30-3/h7-8,13-14H,9-12,15H2,1-6H3. The molecule has 0 bridgehead atoms. The second-order valence-corrected chi connectivity index (χ2v) is 7.48. The summed E-state index contributed by atoms with van der Waals surface area (Å²) in [6, 6.07) is 7.23. The number of nitrogens with zero attached hydrogens (tertiary/aromatic N) is 2. The van der Waals surface area contributed by atoms with Crippen molar-refractivity contribution in [2.45, 2.75) is 6.54 Å². The van der Waals surface area contributed by atoms with Gasteiger partial charge in [0.1, 0.15) is 0 Å². The van der Waals surface area contributed by atoms with Gasteiger partial charge in [0, 0.05) is 43.9 Å². The molecular weight excluding hydrogens is 428 g/mol. The van der Waals surface area contributed by atoms with E-state index in [2.05, 4.69) is 4.90 Å². The molecule has 0 aromatic heterocycles. The van der Waals surface area contributed by atoms with Crippen LogP contribution in [0.25, 0.3) is 0 Å². The average molecular weight is 461 g/mol. The van der Waals surface area contributed by atoms with Crippen LogP contribution >= 0.6 is 0 Å². The fraction of sp³-hybridized carbons (Fsp3) is 0.458. The van der Waals surface area contributed by atoms with Gasteiger partial charge in [-0.15, -0.1) is 0 Å². The van der Waals surface area contributed by atoms with Crippen LogP contribution in [0.5, 0.6) is 34.5 Å². The first-order chi connectivity index (χ1) is 16.0. The van der Waals surface area contributed by atoms with Crippen molar-refractivity contribution in [3.63, 3.8) is 0 Å². The predicted molar refractivity (Wildman–Crippen MR) is 123 cm³/mol. The SMILES string of the molecule is COc1cc(C(=O)N2CCN(Cc3ccc(OC)c(OC)c3OC)CC2)cc(OC)c1OC. The normalized spacial score (nSPS) is 13.9. The van der Waals surface area contributed by atoms with Crippen LogP contribution in [-0.4, -0.2) is 84.5 Å². The zero-order valence-corrected chi connectivity index (χ0v) is 20.1. The van der Waals surface area contributed by atoms with Crippen molar-refractivity contribution in [1.29, 1.82) is 0 Å². The summed E-state index contributed by atoms with van der Waals surface area (Å²) in [6.07, 6.45) is 0. The largest absolute Gasteiger partial charge is 0.493 e. The van der Waals surface area contributed by atoms with Crippen LogP contribution in [0.2, 0.25) is 0 Å². The fourth-order valence-electron chi connectivity index (χ4n) is 4.02. The number of hydrogen-bond donors (Lipinski definition) is 0. The zero-order chi connectivity index (χ0) is 24.0. The van der Waals surface area contributed by atoms with Crippen LogP contribution < -0.4 is 28.4 Å². The van der Waals surface area contributed by atoms with Gasteiger partial charge in [-0.05, 0) is 18.2 Å².